The molecule has 1 aromatic carbocycles. The summed E-state index contributed by atoms with van der Waals surface area (Å²) in [5.41, 5.74) is 3.99. The highest BCUT2D eigenvalue weighted by Crippen LogP contribution is 2.08. The molecule has 0 unspecified atom stereocenters. The van der Waals surface area contributed by atoms with Crippen molar-refractivity contribution in [1.82, 2.24) is 5.32 Å². The quantitative estimate of drug-likeness (QED) is 0.384. The monoisotopic (exact) mass is 267 g/mol. The van der Waals surface area contributed by atoms with Crippen molar-refractivity contribution in [3.8, 4) is 0 Å². The van der Waals surface area contributed by atoms with E-state index >= 15 is 0 Å². The third-order valence-corrected chi connectivity index (χ3v) is 3.32. The van der Waals surface area contributed by atoms with Crippen molar-refractivity contribution in [2.24, 2.45) is 5.84 Å². The Hall–Kier alpha value is -1.20. The maximum atomic E-state index is 11.8. The lowest BCUT2D eigenvalue weighted by molar-refractivity contribution is 0.0953. The molecular weight excluding hydrogens is 246 g/mol. The predicted molar refractivity (Wildman–Crippen MR) is 78.8 cm³/mol. The van der Waals surface area contributed by atoms with Crippen LogP contribution in [0.2, 0.25) is 0 Å². The van der Waals surface area contributed by atoms with Gasteiger partial charge in [0.05, 0.1) is 0 Å². The number of nitrogens with one attached hydrogen (secondary N) is 2. The van der Waals surface area contributed by atoms with Crippen LogP contribution in [0, 0.1) is 0 Å². The van der Waals surface area contributed by atoms with Crippen LogP contribution in [0.25, 0.3) is 0 Å². The first-order valence-electron chi connectivity index (χ1n) is 6.11. The smallest absolute Gasteiger partial charge is 0.251 e. The number of amides is 1. The van der Waals surface area contributed by atoms with Crippen LogP contribution < -0.4 is 16.6 Å². The van der Waals surface area contributed by atoms with Gasteiger partial charge in [0.2, 0.25) is 0 Å². The summed E-state index contributed by atoms with van der Waals surface area (Å²) in [5, 5.41) is 2.92. The molecule has 0 spiro atoms. The molecule has 1 amide bonds. The molecule has 0 bridgehead atoms. The molecule has 4 nitrogen and oxygen atoms in total. The highest BCUT2D eigenvalue weighted by molar-refractivity contribution is 7.98. The van der Waals surface area contributed by atoms with Crippen LogP contribution in [-0.2, 0) is 0 Å². The molecule has 5 heteroatoms. The molecule has 0 saturated heterocycles. The third-order valence-electron chi connectivity index (χ3n) is 2.62. The summed E-state index contributed by atoms with van der Waals surface area (Å²) in [5.74, 6) is 6.43. The lowest BCUT2D eigenvalue weighted by Gasteiger charge is -2.06. The van der Waals surface area contributed by atoms with Gasteiger partial charge in [-0.3, -0.25) is 10.6 Å². The van der Waals surface area contributed by atoms with Crippen LogP contribution in [0.3, 0.4) is 0 Å². The van der Waals surface area contributed by atoms with Gasteiger partial charge < -0.3 is 10.7 Å². The van der Waals surface area contributed by atoms with Crippen molar-refractivity contribution in [1.29, 1.82) is 0 Å². The Morgan fingerprint density at radius 1 is 1.22 bits per heavy atom. The van der Waals surface area contributed by atoms with Gasteiger partial charge >= 0.3 is 0 Å². The van der Waals surface area contributed by atoms with Gasteiger partial charge in [0.25, 0.3) is 5.91 Å². The lowest BCUT2D eigenvalue weighted by atomic mass is 10.2. The zero-order valence-corrected chi connectivity index (χ0v) is 11.6. The minimum atomic E-state index is -0.0246. The average molecular weight is 267 g/mol. The Balaban J connectivity index is 2.23. The van der Waals surface area contributed by atoms with E-state index in [1.807, 2.05) is 11.8 Å². The van der Waals surface area contributed by atoms with E-state index in [1.54, 1.807) is 24.3 Å². The maximum absolute atomic E-state index is 11.8. The number of anilines is 1. The standard InChI is InChI=1S/C13H21N3OS/c1-18-10-4-2-3-9-15-13(17)11-5-7-12(16-14)8-6-11/h5-8,16H,2-4,9-10,14H2,1H3,(H,15,17). The molecule has 0 fully saturated rings. The van der Waals surface area contributed by atoms with Gasteiger partial charge in [-0.15, -0.1) is 0 Å². The first kappa shape index (κ1) is 14.9. The Labute approximate surface area is 113 Å². The number of carbonyl (C=O) groups is 1. The van der Waals surface area contributed by atoms with Crippen molar-refractivity contribution < 1.29 is 4.79 Å². The van der Waals surface area contributed by atoms with Gasteiger partial charge in [0.1, 0.15) is 0 Å². The molecule has 0 aliphatic carbocycles. The summed E-state index contributed by atoms with van der Waals surface area (Å²) in [6, 6.07) is 7.09. The van der Waals surface area contributed by atoms with E-state index in [1.165, 1.54) is 12.2 Å². The summed E-state index contributed by atoms with van der Waals surface area (Å²) in [7, 11) is 0. The van der Waals surface area contributed by atoms with Crippen molar-refractivity contribution in [3.63, 3.8) is 0 Å². The van der Waals surface area contributed by atoms with Crippen LogP contribution in [-0.4, -0.2) is 24.5 Å². The molecule has 1 rings (SSSR count). The number of hydrogen-bond acceptors (Lipinski definition) is 4. The minimum Gasteiger partial charge on any atom is -0.352 e. The minimum absolute atomic E-state index is 0.0246. The number of rotatable bonds is 8. The van der Waals surface area contributed by atoms with E-state index in [0.29, 0.717) is 5.56 Å². The number of carbonyl (C=O) groups excluding carboxylic acids is 1. The molecule has 0 saturated carbocycles. The molecule has 0 heterocycles. The van der Waals surface area contributed by atoms with Crippen LogP contribution in [0.1, 0.15) is 29.6 Å². The highest BCUT2D eigenvalue weighted by Gasteiger charge is 2.03. The summed E-state index contributed by atoms with van der Waals surface area (Å²) in [6.45, 7) is 0.740. The molecular formula is C13H21N3OS. The average Bonchev–Trinajstić information content (AvgIpc) is 2.42. The van der Waals surface area contributed by atoms with Crippen LogP contribution in [0.4, 0.5) is 5.69 Å². The summed E-state index contributed by atoms with van der Waals surface area (Å²) >= 11 is 1.86. The number of hydrogen-bond donors (Lipinski definition) is 3. The van der Waals surface area contributed by atoms with Gasteiger partial charge in [0, 0.05) is 17.8 Å². The van der Waals surface area contributed by atoms with Crippen LogP contribution in [0.5, 0.6) is 0 Å². The largest absolute Gasteiger partial charge is 0.352 e. The summed E-state index contributed by atoms with van der Waals surface area (Å²) in [6.07, 6.45) is 5.53. The van der Waals surface area contributed by atoms with E-state index in [2.05, 4.69) is 17.0 Å². The fourth-order valence-corrected chi connectivity index (χ4v) is 2.06. The van der Waals surface area contributed by atoms with Crippen molar-refractivity contribution in [2.75, 3.05) is 24.0 Å². The Morgan fingerprint density at radius 3 is 2.56 bits per heavy atom. The second-order valence-corrected chi connectivity index (χ2v) is 5.02. The van der Waals surface area contributed by atoms with E-state index in [4.69, 9.17) is 5.84 Å². The molecule has 0 radical (unpaired) electrons. The van der Waals surface area contributed by atoms with Gasteiger partial charge in [-0.05, 0) is 49.1 Å². The van der Waals surface area contributed by atoms with Crippen molar-refractivity contribution >= 4 is 23.4 Å². The summed E-state index contributed by atoms with van der Waals surface area (Å²) < 4.78 is 0. The molecule has 18 heavy (non-hydrogen) atoms. The zero-order valence-electron chi connectivity index (χ0n) is 10.7. The topological polar surface area (TPSA) is 67.2 Å². The van der Waals surface area contributed by atoms with Crippen molar-refractivity contribution in [2.45, 2.75) is 19.3 Å². The van der Waals surface area contributed by atoms with E-state index in [9.17, 15) is 4.79 Å². The van der Waals surface area contributed by atoms with Gasteiger partial charge in [-0.1, -0.05) is 6.42 Å². The molecule has 4 N–H and O–H groups in total. The molecule has 0 aliphatic rings. The maximum Gasteiger partial charge on any atom is 0.251 e. The Kier molecular flexibility index (Phi) is 7.29. The SMILES string of the molecule is CSCCCCCNC(=O)c1ccc(NN)cc1. The Morgan fingerprint density at radius 2 is 1.94 bits per heavy atom. The molecule has 0 aromatic heterocycles. The van der Waals surface area contributed by atoms with Gasteiger partial charge in [-0.2, -0.15) is 11.8 Å². The second-order valence-electron chi connectivity index (χ2n) is 4.03. The van der Waals surface area contributed by atoms with Gasteiger partial charge in [-0.25, -0.2) is 0 Å². The number of hydrazine groups is 1. The van der Waals surface area contributed by atoms with E-state index in [-0.39, 0.29) is 5.91 Å². The molecule has 0 atom stereocenters. The van der Waals surface area contributed by atoms with E-state index < -0.39 is 0 Å². The van der Waals surface area contributed by atoms with Gasteiger partial charge in [0.15, 0.2) is 0 Å². The zero-order chi connectivity index (χ0) is 13.2. The number of unbranched alkanes of at least 4 members (excludes halogenated alkanes) is 2. The lowest BCUT2D eigenvalue weighted by Crippen LogP contribution is -2.24. The third kappa shape index (κ3) is 5.42. The number of benzene rings is 1. The van der Waals surface area contributed by atoms with E-state index in [0.717, 1.165) is 25.1 Å². The van der Waals surface area contributed by atoms with Crippen LogP contribution in [0.15, 0.2) is 24.3 Å². The first-order chi connectivity index (χ1) is 8.77. The number of nitrogen functional groups attached to an aromatic ring is 1. The molecule has 100 valence electrons. The highest BCUT2D eigenvalue weighted by atomic mass is 32.2. The fourth-order valence-electron chi connectivity index (χ4n) is 1.57. The fraction of sp³-hybridized carbons (Fsp3) is 0.462. The summed E-state index contributed by atoms with van der Waals surface area (Å²) in [4.78, 5) is 11.8. The van der Waals surface area contributed by atoms with Crippen molar-refractivity contribution in [3.05, 3.63) is 29.8 Å². The first-order valence-corrected chi connectivity index (χ1v) is 7.51. The predicted octanol–water partition coefficient (Wildman–Crippen LogP) is 2.24. The molecule has 1 aromatic rings. The number of thioether (sulfide) groups is 1. The second kappa shape index (κ2) is 8.83. The number of nitrogens with two attached hydrogens (primary N) is 1. The normalized spacial score (nSPS) is 10.1. The molecule has 0 aliphatic heterocycles. The van der Waals surface area contributed by atoms with Crippen LogP contribution >= 0.6 is 11.8 Å². The Bertz CT molecular complexity index is 354.